The van der Waals surface area contributed by atoms with Gasteiger partial charge in [-0.25, -0.2) is 19.2 Å². The predicted octanol–water partition coefficient (Wildman–Crippen LogP) is -0.887. The van der Waals surface area contributed by atoms with Crippen LogP contribution in [0, 0.1) is 0 Å². The number of carboxylic acids is 4. The number of hydrogen-bond donors (Lipinski definition) is 4. The van der Waals surface area contributed by atoms with E-state index in [1.165, 1.54) is 0 Å². The fourth-order valence-electron chi connectivity index (χ4n) is 0.611. The topological polar surface area (TPSA) is 149 Å². The van der Waals surface area contributed by atoms with Crippen LogP contribution in [0.5, 0.6) is 0 Å². The zero-order chi connectivity index (χ0) is 11.5. The summed E-state index contributed by atoms with van der Waals surface area (Å²) in [6, 6.07) is 0. The summed E-state index contributed by atoms with van der Waals surface area (Å²) in [5.41, 5.74) is -3.38. The molecule has 0 radical (unpaired) electrons. The van der Waals surface area contributed by atoms with Crippen molar-refractivity contribution in [2.75, 3.05) is 0 Å². The van der Waals surface area contributed by atoms with E-state index in [4.69, 9.17) is 20.4 Å². The summed E-state index contributed by atoms with van der Waals surface area (Å²) in [6.07, 6.45) is 0. The highest BCUT2D eigenvalue weighted by Gasteiger charge is 2.31. The Morgan fingerprint density at radius 1 is 0.571 bits per heavy atom. The van der Waals surface area contributed by atoms with Crippen molar-refractivity contribution >= 4 is 23.9 Å². The molecule has 0 atom stereocenters. The van der Waals surface area contributed by atoms with Gasteiger partial charge >= 0.3 is 23.9 Å². The fraction of sp³-hybridized carbons (Fsp3) is 0. The Morgan fingerprint density at radius 2 is 0.714 bits per heavy atom. The lowest BCUT2D eigenvalue weighted by atomic mass is 10.1. The van der Waals surface area contributed by atoms with Crippen molar-refractivity contribution in [3.63, 3.8) is 0 Å². The highest BCUT2D eigenvalue weighted by atomic mass is 16.4. The number of aliphatic carboxylic acids is 4. The maximum Gasteiger partial charge on any atom is 0.344 e. The SMILES string of the molecule is O=C(O)C(C(=O)O)=C(C(=O)O)C(=O)O.[HH].[HH]. The van der Waals surface area contributed by atoms with Gasteiger partial charge in [-0.3, -0.25) is 0 Å². The molecular formula is C6H8O8. The van der Waals surface area contributed by atoms with E-state index in [1.54, 1.807) is 0 Å². The van der Waals surface area contributed by atoms with Gasteiger partial charge in [0.15, 0.2) is 11.1 Å². The van der Waals surface area contributed by atoms with Crippen LogP contribution in [0.4, 0.5) is 0 Å². The van der Waals surface area contributed by atoms with Gasteiger partial charge in [-0.15, -0.1) is 0 Å². The zero-order valence-electron chi connectivity index (χ0n) is 6.42. The summed E-state index contributed by atoms with van der Waals surface area (Å²) < 4.78 is 0. The lowest BCUT2D eigenvalue weighted by Gasteiger charge is -1.99. The van der Waals surface area contributed by atoms with Crippen molar-refractivity contribution in [3.05, 3.63) is 11.1 Å². The van der Waals surface area contributed by atoms with E-state index >= 15 is 0 Å². The minimum absolute atomic E-state index is 0. The number of carbonyl (C=O) groups is 4. The van der Waals surface area contributed by atoms with Crippen molar-refractivity contribution in [2.45, 2.75) is 0 Å². The van der Waals surface area contributed by atoms with E-state index in [0.29, 0.717) is 0 Å². The third kappa shape index (κ3) is 2.30. The largest absolute Gasteiger partial charge is 0.477 e. The predicted molar refractivity (Wildman–Crippen MR) is 41.8 cm³/mol. The lowest BCUT2D eigenvalue weighted by Crippen LogP contribution is -2.23. The van der Waals surface area contributed by atoms with Crippen LogP contribution in [0.1, 0.15) is 2.85 Å². The Balaban J connectivity index is -0.000000845. The zero-order valence-corrected chi connectivity index (χ0v) is 6.42. The summed E-state index contributed by atoms with van der Waals surface area (Å²) in [6.45, 7) is 0. The first-order valence-electron chi connectivity index (χ1n) is 2.96. The summed E-state index contributed by atoms with van der Waals surface area (Å²) in [5.74, 6) is -8.51. The third-order valence-electron chi connectivity index (χ3n) is 1.11. The molecule has 0 aliphatic rings. The molecule has 0 bridgehead atoms. The second-order valence-corrected chi connectivity index (χ2v) is 1.97. The molecule has 0 spiro atoms. The Bertz CT molecular complexity index is 292. The first-order chi connectivity index (χ1) is 6.29. The average molecular weight is 208 g/mol. The van der Waals surface area contributed by atoms with Crippen LogP contribution in [0.3, 0.4) is 0 Å². The third-order valence-corrected chi connectivity index (χ3v) is 1.11. The molecule has 0 aliphatic carbocycles. The molecule has 80 valence electrons. The molecule has 0 rings (SSSR count). The highest BCUT2D eigenvalue weighted by molar-refractivity contribution is 6.26. The molecule has 0 aliphatic heterocycles. The monoisotopic (exact) mass is 208 g/mol. The molecule has 8 nitrogen and oxygen atoms in total. The van der Waals surface area contributed by atoms with Crippen molar-refractivity contribution in [1.82, 2.24) is 0 Å². The van der Waals surface area contributed by atoms with Crippen LogP contribution in [-0.4, -0.2) is 44.3 Å². The van der Waals surface area contributed by atoms with Gasteiger partial charge in [-0.2, -0.15) is 0 Å². The van der Waals surface area contributed by atoms with E-state index in [1.807, 2.05) is 0 Å². The molecule has 0 unspecified atom stereocenters. The van der Waals surface area contributed by atoms with E-state index in [-0.39, 0.29) is 2.85 Å². The number of carboxylic acid groups (broad SMARTS) is 4. The maximum atomic E-state index is 10.2. The van der Waals surface area contributed by atoms with Gasteiger partial charge in [-0.05, 0) is 0 Å². The van der Waals surface area contributed by atoms with E-state index < -0.39 is 35.0 Å². The van der Waals surface area contributed by atoms with E-state index in [9.17, 15) is 19.2 Å². The Kier molecular flexibility index (Phi) is 3.34. The lowest BCUT2D eigenvalue weighted by molar-refractivity contribution is -0.146. The van der Waals surface area contributed by atoms with E-state index in [0.717, 1.165) is 0 Å². The van der Waals surface area contributed by atoms with E-state index in [2.05, 4.69) is 0 Å². The van der Waals surface area contributed by atoms with Crippen molar-refractivity contribution < 1.29 is 42.5 Å². The average Bonchev–Trinajstić information content (AvgIpc) is 1.96. The fourth-order valence-corrected chi connectivity index (χ4v) is 0.611. The normalized spacial score (nSPS) is 8.86. The standard InChI is InChI=1S/C6H4O8.2H2/c7-3(8)1(4(9)10)2(5(11)12)6(13)14;;/h(H,7,8)(H,9,10)(H,11,12)(H,13,14);2*1H. The highest BCUT2D eigenvalue weighted by Crippen LogP contribution is 2.06. The van der Waals surface area contributed by atoms with Crippen LogP contribution < -0.4 is 0 Å². The first-order valence-corrected chi connectivity index (χ1v) is 2.96. The molecule has 4 N–H and O–H groups in total. The second-order valence-electron chi connectivity index (χ2n) is 1.97. The molecule has 0 fully saturated rings. The van der Waals surface area contributed by atoms with Crippen molar-refractivity contribution in [2.24, 2.45) is 0 Å². The molecular weight excluding hydrogens is 200 g/mol. The van der Waals surface area contributed by atoms with Crippen LogP contribution in [0.15, 0.2) is 11.1 Å². The van der Waals surface area contributed by atoms with Gasteiger partial charge in [0.25, 0.3) is 0 Å². The molecule has 0 saturated heterocycles. The smallest absolute Gasteiger partial charge is 0.344 e. The van der Waals surface area contributed by atoms with Crippen molar-refractivity contribution in [3.8, 4) is 0 Å². The maximum absolute atomic E-state index is 10.2. The van der Waals surface area contributed by atoms with Crippen LogP contribution >= 0.6 is 0 Å². The summed E-state index contributed by atoms with van der Waals surface area (Å²) in [4.78, 5) is 40.9. The molecule has 8 heteroatoms. The van der Waals surface area contributed by atoms with Gasteiger partial charge in [0.1, 0.15) is 0 Å². The quantitative estimate of drug-likeness (QED) is 0.264. The molecule has 0 amide bonds. The molecule has 0 aromatic heterocycles. The summed E-state index contributed by atoms with van der Waals surface area (Å²) >= 11 is 0. The van der Waals surface area contributed by atoms with Gasteiger partial charge in [-0.1, -0.05) is 0 Å². The summed E-state index contributed by atoms with van der Waals surface area (Å²) in [5, 5.41) is 33.0. The van der Waals surface area contributed by atoms with Gasteiger partial charge < -0.3 is 20.4 Å². The Hall–Kier alpha value is -2.38. The van der Waals surface area contributed by atoms with Gasteiger partial charge in [0.05, 0.1) is 0 Å². The Labute approximate surface area is 78.7 Å². The molecule has 0 aromatic rings. The minimum Gasteiger partial charge on any atom is -0.477 e. The Morgan fingerprint density at radius 3 is 0.786 bits per heavy atom. The number of rotatable bonds is 4. The first kappa shape index (κ1) is 11.6. The molecule has 0 saturated carbocycles. The molecule has 0 aromatic carbocycles. The van der Waals surface area contributed by atoms with Crippen LogP contribution in [-0.2, 0) is 19.2 Å². The summed E-state index contributed by atoms with van der Waals surface area (Å²) in [7, 11) is 0. The van der Waals surface area contributed by atoms with Crippen LogP contribution in [0.2, 0.25) is 0 Å². The molecule has 14 heavy (non-hydrogen) atoms. The van der Waals surface area contributed by atoms with Gasteiger partial charge in [0, 0.05) is 2.85 Å². The van der Waals surface area contributed by atoms with Crippen molar-refractivity contribution in [1.29, 1.82) is 0 Å². The second kappa shape index (κ2) is 4.03. The molecule has 0 heterocycles. The number of hydrogen-bond acceptors (Lipinski definition) is 4. The van der Waals surface area contributed by atoms with Gasteiger partial charge in [0.2, 0.25) is 0 Å². The minimum atomic E-state index is -2.13. The van der Waals surface area contributed by atoms with Crippen LogP contribution in [0.25, 0.3) is 0 Å².